The van der Waals surface area contributed by atoms with Crippen molar-refractivity contribution in [3.63, 3.8) is 0 Å². The summed E-state index contributed by atoms with van der Waals surface area (Å²) in [6, 6.07) is 0. The highest BCUT2D eigenvalue weighted by Crippen LogP contribution is 2.17. The van der Waals surface area contributed by atoms with Gasteiger partial charge in [-0.05, 0) is 44.4 Å². The molecule has 0 fully saturated rings. The molecule has 0 aromatic rings. The molecule has 0 rings (SSSR count). The molecule has 0 aliphatic heterocycles. The molecule has 0 aliphatic carbocycles. The molecule has 0 saturated heterocycles. The zero-order valence-electron chi connectivity index (χ0n) is 37.2. The van der Waals surface area contributed by atoms with Crippen molar-refractivity contribution < 1.29 is 9.53 Å². The van der Waals surface area contributed by atoms with E-state index in [9.17, 15) is 4.79 Å². The van der Waals surface area contributed by atoms with Gasteiger partial charge in [-0.15, -0.1) is 0 Å². The summed E-state index contributed by atoms with van der Waals surface area (Å²) in [6.07, 6.45) is 63.4. The van der Waals surface area contributed by atoms with Crippen molar-refractivity contribution in [2.75, 3.05) is 6.61 Å². The van der Waals surface area contributed by atoms with Gasteiger partial charge in [0.05, 0.1) is 6.61 Å². The second-order valence-corrected chi connectivity index (χ2v) is 17.6. The lowest BCUT2D eigenvalue weighted by atomic mass is 10.0. The quantitative estimate of drug-likeness (QED) is 0.0352. The summed E-state index contributed by atoms with van der Waals surface area (Å²) in [5.74, 6) is 0.914. The van der Waals surface area contributed by atoms with Crippen molar-refractivity contribution in [2.24, 2.45) is 5.92 Å². The van der Waals surface area contributed by atoms with Gasteiger partial charge in [0.25, 0.3) is 0 Å². The minimum Gasteiger partial charge on any atom is -0.466 e. The lowest BCUT2D eigenvalue weighted by Crippen LogP contribution is -2.05. The normalized spacial score (nSPS) is 11.8. The fraction of sp³-hybridized carbons (Fsp3) is 0.941. The average molecular weight is 745 g/mol. The molecule has 0 aliphatic rings. The van der Waals surface area contributed by atoms with Crippen molar-refractivity contribution in [2.45, 2.75) is 297 Å². The van der Waals surface area contributed by atoms with Crippen LogP contribution in [0.4, 0.5) is 0 Å². The molecule has 0 heterocycles. The SMILES string of the molecule is CCCCCCCC/C=C/CCCCCCCCCCCCCC(=O)OCCCCCCCCCCCCCCCCCCCCCCCCC(C)C. The molecule has 0 aromatic heterocycles. The van der Waals surface area contributed by atoms with E-state index in [1.165, 1.54) is 257 Å². The van der Waals surface area contributed by atoms with Crippen LogP contribution in [0.1, 0.15) is 297 Å². The molecule has 0 N–H and O–H groups in total. The summed E-state index contributed by atoms with van der Waals surface area (Å²) in [7, 11) is 0. The van der Waals surface area contributed by atoms with E-state index in [0.717, 1.165) is 18.8 Å². The average Bonchev–Trinajstić information content (AvgIpc) is 3.15. The molecule has 0 atom stereocenters. The Kier molecular flexibility index (Phi) is 46.7. The van der Waals surface area contributed by atoms with Crippen LogP contribution in [0.15, 0.2) is 12.2 Å². The third-order valence-corrected chi connectivity index (χ3v) is 11.6. The summed E-state index contributed by atoms with van der Waals surface area (Å²) < 4.78 is 5.50. The number of rotatable bonds is 46. The van der Waals surface area contributed by atoms with E-state index in [1.54, 1.807) is 0 Å². The van der Waals surface area contributed by atoms with E-state index in [-0.39, 0.29) is 5.97 Å². The Balaban J connectivity index is 3.17. The molecule has 2 heteroatoms. The van der Waals surface area contributed by atoms with Gasteiger partial charge in [0.15, 0.2) is 0 Å². The first kappa shape index (κ1) is 52.2. The maximum atomic E-state index is 12.1. The predicted octanol–water partition coefficient (Wildman–Crippen LogP) is 18.5. The second kappa shape index (κ2) is 47.4. The highest BCUT2D eigenvalue weighted by molar-refractivity contribution is 5.69. The maximum absolute atomic E-state index is 12.1. The number of ether oxygens (including phenoxy) is 1. The number of allylic oxidation sites excluding steroid dienone is 2. The molecule has 0 bridgehead atoms. The molecule has 0 aromatic carbocycles. The fourth-order valence-corrected chi connectivity index (χ4v) is 7.85. The Morgan fingerprint density at radius 2 is 0.660 bits per heavy atom. The minimum atomic E-state index is 0.0298. The van der Waals surface area contributed by atoms with Crippen molar-refractivity contribution in [1.29, 1.82) is 0 Å². The molecule has 0 radical (unpaired) electrons. The molecule has 0 spiro atoms. The van der Waals surface area contributed by atoms with Crippen LogP contribution >= 0.6 is 0 Å². The summed E-state index contributed by atoms with van der Waals surface area (Å²) in [4.78, 5) is 12.1. The van der Waals surface area contributed by atoms with E-state index >= 15 is 0 Å². The predicted molar refractivity (Wildman–Crippen MR) is 239 cm³/mol. The summed E-state index contributed by atoms with van der Waals surface area (Å²) in [6.45, 7) is 7.61. The van der Waals surface area contributed by atoms with Crippen LogP contribution < -0.4 is 0 Å². The van der Waals surface area contributed by atoms with Gasteiger partial charge in [-0.3, -0.25) is 4.79 Å². The molecule has 0 saturated carbocycles. The molecular formula is C51H100O2. The summed E-state index contributed by atoms with van der Waals surface area (Å²) in [5, 5.41) is 0. The van der Waals surface area contributed by atoms with E-state index < -0.39 is 0 Å². The van der Waals surface area contributed by atoms with Gasteiger partial charge < -0.3 is 4.74 Å². The fourth-order valence-electron chi connectivity index (χ4n) is 7.85. The number of unbranched alkanes of at least 4 members (excludes halogenated alkanes) is 38. The van der Waals surface area contributed by atoms with Gasteiger partial charge >= 0.3 is 5.97 Å². The summed E-state index contributed by atoms with van der Waals surface area (Å²) in [5.41, 5.74) is 0. The lowest BCUT2D eigenvalue weighted by Gasteiger charge is -2.06. The number of carbonyl (C=O) groups excluding carboxylic acids is 1. The Labute approximate surface area is 336 Å². The van der Waals surface area contributed by atoms with E-state index in [4.69, 9.17) is 4.74 Å². The number of hydrogen-bond acceptors (Lipinski definition) is 2. The van der Waals surface area contributed by atoms with Crippen LogP contribution in [-0.4, -0.2) is 12.6 Å². The van der Waals surface area contributed by atoms with Crippen molar-refractivity contribution >= 4 is 5.97 Å². The molecule has 53 heavy (non-hydrogen) atoms. The first-order valence-corrected chi connectivity index (χ1v) is 25.0. The van der Waals surface area contributed by atoms with E-state index in [2.05, 4.69) is 32.9 Å². The van der Waals surface area contributed by atoms with Crippen LogP contribution in [0.2, 0.25) is 0 Å². The van der Waals surface area contributed by atoms with Gasteiger partial charge in [0.1, 0.15) is 0 Å². The Hall–Kier alpha value is -0.790. The highest BCUT2D eigenvalue weighted by Gasteiger charge is 2.03. The standard InChI is InChI=1S/C51H100O2/c1-4-5-6-7-8-9-10-11-12-13-14-17-21-24-27-30-33-36-39-42-45-48-51(52)53-49-46-43-40-37-34-31-28-25-22-19-16-15-18-20-23-26-29-32-35-38-41-44-47-50(2)3/h11-12,50H,4-10,13-49H2,1-3H3/b12-11+. The van der Waals surface area contributed by atoms with Gasteiger partial charge in [-0.1, -0.05) is 264 Å². The lowest BCUT2D eigenvalue weighted by molar-refractivity contribution is -0.143. The topological polar surface area (TPSA) is 26.3 Å². The first-order valence-electron chi connectivity index (χ1n) is 25.0. The van der Waals surface area contributed by atoms with Crippen LogP contribution in [0, 0.1) is 5.92 Å². The van der Waals surface area contributed by atoms with Gasteiger partial charge in [-0.2, -0.15) is 0 Å². The largest absolute Gasteiger partial charge is 0.466 e. The number of hydrogen-bond donors (Lipinski definition) is 0. The first-order chi connectivity index (χ1) is 26.2. The number of carbonyl (C=O) groups is 1. The van der Waals surface area contributed by atoms with Crippen LogP contribution in [0.3, 0.4) is 0 Å². The molecule has 2 nitrogen and oxygen atoms in total. The summed E-state index contributed by atoms with van der Waals surface area (Å²) >= 11 is 0. The third-order valence-electron chi connectivity index (χ3n) is 11.6. The monoisotopic (exact) mass is 745 g/mol. The Morgan fingerprint density at radius 3 is 1.00 bits per heavy atom. The molecule has 0 amide bonds. The van der Waals surface area contributed by atoms with Crippen LogP contribution in [0.25, 0.3) is 0 Å². The smallest absolute Gasteiger partial charge is 0.305 e. The van der Waals surface area contributed by atoms with Gasteiger partial charge in [0, 0.05) is 6.42 Å². The zero-order valence-corrected chi connectivity index (χ0v) is 37.2. The van der Waals surface area contributed by atoms with Gasteiger partial charge in [-0.25, -0.2) is 0 Å². The number of esters is 1. The Morgan fingerprint density at radius 1 is 0.377 bits per heavy atom. The highest BCUT2D eigenvalue weighted by atomic mass is 16.5. The maximum Gasteiger partial charge on any atom is 0.305 e. The van der Waals surface area contributed by atoms with E-state index in [1.807, 2.05) is 0 Å². The molecule has 316 valence electrons. The van der Waals surface area contributed by atoms with Crippen molar-refractivity contribution in [3.05, 3.63) is 12.2 Å². The second-order valence-electron chi connectivity index (χ2n) is 17.6. The zero-order chi connectivity index (χ0) is 38.4. The van der Waals surface area contributed by atoms with Crippen molar-refractivity contribution in [1.82, 2.24) is 0 Å². The van der Waals surface area contributed by atoms with Crippen LogP contribution in [0.5, 0.6) is 0 Å². The van der Waals surface area contributed by atoms with Crippen molar-refractivity contribution in [3.8, 4) is 0 Å². The third kappa shape index (κ3) is 49.2. The van der Waals surface area contributed by atoms with E-state index in [0.29, 0.717) is 13.0 Å². The molecule has 0 unspecified atom stereocenters. The Bertz CT molecular complexity index is 696. The van der Waals surface area contributed by atoms with Crippen LogP contribution in [-0.2, 0) is 9.53 Å². The van der Waals surface area contributed by atoms with Gasteiger partial charge in [0.2, 0.25) is 0 Å². The minimum absolute atomic E-state index is 0.0298. The molecular weight excluding hydrogens is 645 g/mol.